The molecule has 0 aliphatic heterocycles. The maximum atomic E-state index is 3.19. The van der Waals surface area contributed by atoms with E-state index in [1.165, 1.54) is 474 Å². The lowest BCUT2D eigenvalue weighted by Crippen LogP contribution is -2.37. The monoisotopic (exact) mass is 1360 g/mol. The molecule has 0 radical (unpaired) electrons. The van der Waals surface area contributed by atoms with Gasteiger partial charge in [-0.15, -0.1) is 0 Å². The average molecular weight is 1360 g/mol. The van der Waals surface area contributed by atoms with Gasteiger partial charge in [0, 0.05) is 63.1 Å². The predicted molar refractivity (Wildman–Crippen MR) is 451 cm³/mol. The van der Waals surface area contributed by atoms with Crippen LogP contribution in [-0.2, 0) is 0 Å². The van der Waals surface area contributed by atoms with Crippen LogP contribution in [0.2, 0.25) is 0 Å². The topological polar surface area (TPSA) is 13.0 Å². The second-order valence-electron chi connectivity index (χ2n) is 31.9. The molecular formula is C94H174N4. The molecule has 3 aromatic rings. The van der Waals surface area contributed by atoms with Crippen LogP contribution in [0.15, 0.2) is 36.4 Å². The molecule has 0 aliphatic rings. The molecule has 0 amide bonds. The van der Waals surface area contributed by atoms with Gasteiger partial charge in [0.15, 0.2) is 0 Å². The number of unbranched alkanes of at least 4 members (excludes halogenated alkanes) is 56. The van der Waals surface area contributed by atoms with Crippen molar-refractivity contribution in [1.82, 2.24) is 0 Å². The number of anilines is 4. The second-order valence-corrected chi connectivity index (χ2v) is 31.9. The van der Waals surface area contributed by atoms with Crippen molar-refractivity contribution in [2.45, 2.75) is 466 Å². The fraction of sp³-hybridized carbons (Fsp3) is 0.851. The van der Waals surface area contributed by atoms with E-state index in [-0.39, 0.29) is 0 Å². The zero-order valence-corrected chi connectivity index (χ0v) is 68.2. The Morgan fingerprint density at radius 1 is 0.163 bits per heavy atom. The Morgan fingerprint density at radius 3 is 0.449 bits per heavy atom. The van der Waals surface area contributed by atoms with Crippen LogP contribution in [0.1, 0.15) is 466 Å². The molecule has 0 aromatic heterocycles. The second kappa shape index (κ2) is 66.3. The highest BCUT2D eigenvalue weighted by atomic mass is 15.3. The van der Waals surface area contributed by atoms with Crippen molar-refractivity contribution in [3.8, 4) is 0 Å². The third kappa shape index (κ3) is 42.8. The molecule has 0 unspecified atom stereocenters. The highest BCUT2D eigenvalue weighted by Crippen LogP contribution is 2.54. The molecule has 0 fully saturated rings. The molecule has 3 aromatic carbocycles. The van der Waals surface area contributed by atoms with E-state index in [9.17, 15) is 0 Å². The molecule has 0 bridgehead atoms. The summed E-state index contributed by atoms with van der Waals surface area (Å²) in [7, 11) is 0. The van der Waals surface area contributed by atoms with Gasteiger partial charge in [-0.05, 0) is 74.3 Å². The lowest BCUT2D eigenvalue weighted by atomic mass is 9.94. The molecule has 0 saturated carbocycles. The van der Waals surface area contributed by atoms with Gasteiger partial charge in [0.05, 0.1) is 22.7 Å². The Bertz CT molecular complexity index is 1930. The summed E-state index contributed by atoms with van der Waals surface area (Å²) < 4.78 is 0. The van der Waals surface area contributed by atoms with Crippen LogP contribution in [0.25, 0.3) is 21.5 Å². The van der Waals surface area contributed by atoms with Crippen LogP contribution in [-0.4, -0.2) is 52.4 Å². The molecule has 4 heteroatoms. The Hall–Kier alpha value is -2.62. The van der Waals surface area contributed by atoms with Crippen molar-refractivity contribution in [3.63, 3.8) is 0 Å². The van der Waals surface area contributed by atoms with Gasteiger partial charge in [0.1, 0.15) is 0 Å². The first-order valence-corrected chi connectivity index (χ1v) is 45.6. The van der Waals surface area contributed by atoms with Crippen molar-refractivity contribution in [2.75, 3.05) is 72.0 Å². The van der Waals surface area contributed by atoms with E-state index in [0.29, 0.717) is 0 Å². The molecule has 3 rings (SSSR count). The van der Waals surface area contributed by atoms with Crippen molar-refractivity contribution < 1.29 is 0 Å². The van der Waals surface area contributed by atoms with Gasteiger partial charge in [0.2, 0.25) is 0 Å². The van der Waals surface area contributed by atoms with Gasteiger partial charge in [-0.25, -0.2) is 0 Å². The molecule has 0 N–H and O–H groups in total. The zero-order chi connectivity index (χ0) is 70.1. The number of rotatable bonds is 76. The van der Waals surface area contributed by atoms with E-state index in [1.54, 1.807) is 33.5 Å². The van der Waals surface area contributed by atoms with Crippen molar-refractivity contribution in [3.05, 3.63) is 36.4 Å². The van der Waals surface area contributed by atoms with E-state index in [2.05, 4.69) is 111 Å². The number of hydrogen-bond acceptors (Lipinski definition) is 4. The minimum atomic E-state index is 1.18. The highest BCUT2D eigenvalue weighted by molar-refractivity contribution is 6.18. The van der Waals surface area contributed by atoms with Gasteiger partial charge in [0.25, 0.3) is 0 Å². The van der Waals surface area contributed by atoms with Crippen LogP contribution < -0.4 is 19.6 Å². The normalized spacial score (nSPS) is 11.8. The summed E-state index contributed by atoms with van der Waals surface area (Å²) in [5, 5.41) is 6.05. The Balaban J connectivity index is 2.64. The van der Waals surface area contributed by atoms with Gasteiger partial charge in [-0.1, -0.05) is 439 Å². The summed E-state index contributed by atoms with van der Waals surface area (Å²) in [6.45, 7) is 28.5. The number of nitrogens with zero attached hydrogens (tertiary/aromatic N) is 4. The Labute approximate surface area is 615 Å². The molecule has 4 nitrogen and oxygen atoms in total. The number of hydrogen-bond donors (Lipinski definition) is 0. The SMILES string of the molecule is CCCCCCCCCCN(CCCCCCCCCC)c1c(N(CCCCCCCCCC)CCCCCCCCCC)c(N(CCCCCCCCCC)CCCCCCCCCC)c2cc3ccccc3cc2c1N(CCCCCCCCCC)CCCCCCCCCC. The maximum absolute atomic E-state index is 3.19. The van der Waals surface area contributed by atoms with E-state index in [1.807, 2.05) is 0 Å². The van der Waals surface area contributed by atoms with Gasteiger partial charge in [-0.3, -0.25) is 0 Å². The largest absolute Gasteiger partial charge is 0.369 e. The lowest BCUT2D eigenvalue weighted by molar-refractivity contribution is 0.548. The molecule has 0 heterocycles. The number of fused-ring (bicyclic) bond motifs is 2. The average Bonchev–Trinajstić information content (AvgIpc) is 0.724. The third-order valence-corrected chi connectivity index (χ3v) is 22.6. The van der Waals surface area contributed by atoms with Crippen LogP contribution in [0, 0.1) is 0 Å². The van der Waals surface area contributed by atoms with E-state index >= 15 is 0 Å². The summed E-state index contributed by atoms with van der Waals surface area (Å²) in [6, 6.07) is 15.3. The number of benzene rings is 3. The van der Waals surface area contributed by atoms with E-state index in [4.69, 9.17) is 0 Å². The highest BCUT2D eigenvalue weighted by Gasteiger charge is 2.32. The van der Waals surface area contributed by atoms with Crippen molar-refractivity contribution in [1.29, 1.82) is 0 Å². The fourth-order valence-electron chi connectivity index (χ4n) is 16.2. The molecule has 570 valence electrons. The molecule has 0 saturated heterocycles. The van der Waals surface area contributed by atoms with E-state index in [0.717, 1.165) is 0 Å². The minimum absolute atomic E-state index is 1.18. The Morgan fingerprint density at radius 2 is 0.296 bits per heavy atom. The van der Waals surface area contributed by atoms with Crippen LogP contribution >= 0.6 is 0 Å². The summed E-state index contributed by atoms with van der Waals surface area (Å²) >= 11 is 0. The van der Waals surface area contributed by atoms with Gasteiger partial charge >= 0.3 is 0 Å². The molecule has 0 aliphatic carbocycles. The molecular weight excluding hydrogens is 1190 g/mol. The van der Waals surface area contributed by atoms with Crippen LogP contribution in [0.4, 0.5) is 22.7 Å². The smallest absolute Gasteiger partial charge is 0.0870 e. The predicted octanol–water partition coefficient (Wildman–Crippen LogP) is 32.3. The van der Waals surface area contributed by atoms with Gasteiger partial charge in [-0.2, -0.15) is 0 Å². The first-order valence-electron chi connectivity index (χ1n) is 45.6. The van der Waals surface area contributed by atoms with Crippen molar-refractivity contribution in [2.24, 2.45) is 0 Å². The van der Waals surface area contributed by atoms with Crippen LogP contribution in [0.3, 0.4) is 0 Å². The third-order valence-electron chi connectivity index (χ3n) is 22.6. The first-order chi connectivity index (χ1) is 48.5. The molecule has 0 atom stereocenters. The first kappa shape index (κ1) is 89.6. The molecule has 98 heavy (non-hydrogen) atoms. The van der Waals surface area contributed by atoms with E-state index < -0.39 is 0 Å². The lowest BCUT2D eigenvalue weighted by Gasteiger charge is -2.42. The maximum Gasteiger partial charge on any atom is 0.0870 e. The summed E-state index contributed by atoms with van der Waals surface area (Å²) in [6.07, 6.45) is 88.1. The quantitative estimate of drug-likeness (QED) is 0.0412. The fourth-order valence-corrected chi connectivity index (χ4v) is 16.2. The summed E-state index contributed by atoms with van der Waals surface area (Å²) in [4.78, 5) is 12.6. The zero-order valence-electron chi connectivity index (χ0n) is 68.2. The minimum Gasteiger partial charge on any atom is -0.369 e. The molecule has 0 spiro atoms. The summed E-state index contributed by atoms with van der Waals surface area (Å²) in [5.41, 5.74) is 6.71. The Kier molecular flexibility index (Phi) is 60.6. The van der Waals surface area contributed by atoms with Crippen LogP contribution in [0.5, 0.6) is 0 Å². The van der Waals surface area contributed by atoms with Gasteiger partial charge < -0.3 is 19.6 Å². The summed E-state index contributed by atoms with van der Waals surface area (Å²) in [5.74, 6) is 0. The standard InChI is InChI=1S/C94H174N4/c1-9-17-25-33-41-49-57-67-77-95(78-68-58-50-42-34-26-18-10-2)91-89-85-87-75-65-66-76-88(87)86-90(89)92(96(79-69-59-51-43-35-27-19-11-3)80-70-60-52-44-36-28-20-12-4)94(98(83-73-63-55-47-39-31-23-15-7)84-74-64-56-48-40-32-24-16-8)93(91)97(81-71-61-53-45-37-29-21-13-5)82-72-62-54-46-38-30-22-14-6/h65-66,75-76,85-86H,9-64,67-74,77-84H2,1-8H3. The van der Waals surface area contributed by atoms with Crippen molar-refractivity contribution >= 4 is 44.3 Å².